The smallest absolute Gasteiger partial charge is 0.293 e. The highest BCUT2D eigenvalue weighted by Gasteiger charge is 2.15. The SMILES string of the molecule is CC(C)(C)OC=O.NCc1c(NCc2cccc(F)c2)cccc1N1CCNCC1. The molecule has 3 rings (SSSR count). The highest BCUT2D eigenvalue weighted by Crippen LogP contribution is 2.28. The minimum absolute atomic E-state index is 0.210. The fourth-order valence-corrected chi connectivity index (χ4v) is 3.15. The van der Waals surface area contributed by atoms with E-state index in [-0.39, 0.29) is 11.4 Å². The molecule has 0 aliphatic carbocycles. The number of halogens is 1. The number of carbonyl (C=O) groups is 1. The third-order valence-corrected chi connectivity index (χ3v) is 4.59. The van der Waals surface area contributed by atoms with Crippen molar-refractivity contribution in [3.8, 4) is 0 Å². The Bertz CT molecular complexity index is 802. The van der Waals surface area contributed by atoms with Gasteiger partial charge in [-0.3, -0.25) is 4.79 Å². The van der Waals surface area contributed by atoms with Crippen LogP contribution in [0.15, 0.2) is 42.5 Å². The van der Waals surface area contributed by atoms with Gasteiger partial charge in [0.1, 0.15) is 11.4 Å². The number of nitrogens with one attached hydrogen (secondary N) is 2. The molecule has 164 valence electrons. The van der Waals surface area contributed by atoms with Gasteiger partial charge in [-0.2, -0.15) is 0 Å². The first-order valence-corrected chi connectivity index (χ1v) is 10.2. The van der Waals surface area contributed by atoms with Crippen molar-refractivity contribution < 1.29 is 13.9 Å². The molecular formula is C23H33FN4O2. The van der Waals surface area contributed by atoms with E-state index in [0.29, 0.717) is 19.6 Å². The van der Waals surface area contributed by atoms with E-state index in [0.717, 1.165) is 43.0 Å². The van der Waals surface area contributed by atoms with Crippen molar-refractivity contribution in [3.05, 3.63) is 59.4 Å². The number of nitrogens with two attached hydrogens (primary N) is 1. The van der Waals surface area contributed by atoms with Crippen molar-refractivity contribution in [2.75, 3.05) is 36.4 Å². The Labute approximate surface area is 178 Å². The molecule has 0 saturated carbocycles. The summed E-state index contributed by atoms with van der Waals surface area (Å²) < 4.78 is 17.8. The van der Waals surface area contributed by atoms with Crippen molar-refractivity contribution in [2.24, 2.45) is 5.73 Å². The lowest BCUT2D eigenvalue weighted by molar-refractivity contribution is -0.138. The molecule has 2 aromatic rings. The Kier molecular flexibility index (Phi) is 9.08. The number of carbonyl (C=O) groups excluding carboxylic acids is 1. The second kappa shape index (κ2) is 11.5. The van der Waals surface area contributed by atoms with Crippen LogP contribution in [0.2, 0.25) is 0 Å². The molecular weight excluding hydrogens is 383 g/mol. The van der Waals surface area contributed by atoms with Gasteiger partial charge in [0.25, 0.3) is 6.47 Å². The van der Waals surface area contributed by atoms with Gasteiger partial charge in [0.05, 0.1) is 0 Å². The standard InChI is InChI=1S/C18H23FN4.C5H10O2/c19-15-4-1-3-14(11-15)13-22-17-5-2-6-18(16(17)12-20)23-9-7-21-8-10-23;1-5(2,3)7-4-6/h1-6,11,21-22H,7-10,12-13,20H2;4H,1-3H3. The minimum atomic E-state index is -0.318. The number of rotatable bonds is 6. The number of hydrogen-bond donors (Lipinski definition) is 3. The third kappa shape index (κ3) is 7.65. The van der Waals surface area contributed by atoms with E-state index in [9.17, 15) is 9.18 Å². The van der Waals surface area contributed by atoms with Gasteiger partial charge < -0.3 is 26.0 Å². The van der Waals surface area contributed by atoms with E-state index in [1.54, 1.807) is 12.1 Å². The van der Waals surface area contributed by atoms with E-state index in [1.165, 1.54) is 11.8 Å². The molecule has 0 radical (unpaired) electrons. The summed E-state index contributed by atoms with van der Waals surface area (Å²) in [6.45, 7) is 10.9. The summed E-state index contributed by atoms with van der Waals surface area (Å²) in [4.78, 5) is 12.0. The first-order valence-electron chi connectivity index (χ1n) is 10.2. The first kappa shape index (κ1) is 23.6. The summed E-state index contributed by atoms with van der Waals surface area (Å²) in [5, 5.41) is 6.76. The number of piperazine rings is 1. The molecule has 4 N–H and O–H groups in total. The quantitative estimate of drug-likeness (QED) is 0.628. The fourth-order valence-electron chi connectivity index (χ4n) is 3.15. The molecule has 0 atom stereocenters. The van der Waals surface area contributed by atoms with Crippen LogP contribution in [-0.2, 0) is 22.6 Å². The summed E-state index contributed by atoms with van der Waals surface area (Å²) >= 11 is 0. The van der Waals surface area contributed by atoms with Crippen molar-refractivity contribution in [1.29, 1.82) is 0 Å². The molecule has 7 heteroatoms. The number of ether oxygens (including phenoxy) is 1. The summed E-state index contributed by atoms with van der Waals surface area (Å²) in [7, 11) is 0. The Morgan fingerprint density at radius 3 is 2.47 bits per heavy atom. The molecule has 2 aromatic carbocycles. The lowest BCUT2D eigenvalue weighted by Crippen LogP contribution is -2.44. The van der Waals surface area contributed by atoms with Gasteiger partial charge in [-0.05, 0) is 50.6 Å². The first-order chi connectivity index (χ1) is 14.3. The minimum Gasteiger partial charge on any atom is -0.462 e. The monoisotopic (exact) mass is 416 g/mol. The molecule has 0 aromatic heterocycles. The van der Waals surface area contributed by atoms with Crippen LogP contribution in [0.25, 0.3) is 0 Å². The van der Waals surface area contributed by atoms with E-state index < -0.39 is 0 Å². The van der Waals surface area contributed by atoms with Crippen LogP contribution < -0.4 is 21.3 Å². The molecule has 0 bridgehead atoms. The van der Waals surface area contributed by atoms with Crippen molar-refractivity contribution in [1.82, 2.24) is 5.32 Å². The fraction of sp³-hybridized carbons (Fsp3) is 0.435. The highest BCUT2D eigenvalue weighted by molar-refractivity contribution is 5.67. The molecule has 30 heavy (non-hydrogen) atoms. The average Bonchev–Trinajstić information content (AvgIpc) is 2.72. The Morgan fingerprint density at radius 2 is 1.90 bits per heavy atom. The zero-order chi connectivity index (χ0) is 22.0. The second-order valence-corrected chi connectivity index (χ2v) is 8.05. The van der Waals surface area contributed by atoms with E-state index in [2.05, 4.69) is 26.3 Å². The van der Waals surface area contributed by atoms with Gasteiger partial charge in [-0.15, -0.1) is 0 Å². The van der Waals surface area contributed by atoms with Gasteiger partial charge in [-0.25, -0.2) is 4.39 Å². The molecule has 0 unspecified atom stereocenters. The second-order valence-electron chi connectivity index (χ2n) is 8.05. The third-order valence-electron chi connectivity index (χ3n) is 4.59. The number of hydrogen-bond acceptors (Lipinski definition) is 6. The molecule has 1 fully saturated rings. The maximum Gasteiger partial charge on any atom is 0.293 e. The van der Waals surface area contributed by atoms with Crippen LogP contribution in [0.1, 0.15) is 31.9 Å². The Morgan fingerprint density at radius 1 is 1.20 bits per heavy atom. The van der Waals surface area contributed by atoms with Crippen LogP contribution in [0.3, 0.4) is 0 Å². The van der Waals surface area contributed by atoms with Crippen LogP contribution in [-0.4, -0.2) is 38.3 Å². The molecule has 1 aliphatic rings. The van der Waals surface area contributed by atoms with Crippen molar-refractivity contribution >= 4 is 17.8 Å². The molecule has 0 spiro atoms. The van der Waals surface area contributed by atoms with Gasteiger partial charge in [-0.1, -0.05) is 18.2 Å². The number of nitrogens with zero attached hydrogens (tertiary/aromatic N) is 1. The average molecular weight is 417 g/mol. The molecule has 1 saturated heterocycles. The summed E-state index contributed by atoms with van der Waals surface area (Å²) in [6.07, 6.45) is 0. The van der Waals surface area contributed by atoms with E-state index in [4.69, 9.17) is 5.73 Å². The van der Waals surface area contributed by atoms with Crippen LogP contribution in [0.4, 0.5) is 15.8 Å². The predicted octanol–water partition coefficient (Wildman–Crippen LogP) is 3.26. The van der Waals surface area contributed by atoms with Gasteiger partial charge in [0.2, 0.25) is 0 Å². The maximum atomic E-state index is 13.3. The molecule has 1 heterocycles. The van der Waals surface area contributed by atoms with E-state index >= 15 is 0 Å². The summed E-state index contributed by atoms with van der Waals surface area (Å²) in [6, 6.07) is 12.9. The Balaban J connectivity index is 0.000000396. The van der Waals surface area contributed by atoms with Gasteiger partial charge >= 0.3 is 0 Å². The van der Waals surface area contributed by atoms with Crippen LogP contribution in [0.5, 0.6) is 0 Å². The molecule has 6 nitrogen and oxygen atoms in total. The highest BCUT2D eigenvalue weighted by atomic mass is 19.1. The van der Waals surface area contributed by atoms with Gasteiger partial charge in [0, 0.05) is 56.2 Å². The number of benzene rings is 2. The van der Waals surface area contributed by atoms with Crippen molar-refractivity contribution in [2.45, 2.75) is 39.5 Å². The molecule has 1 aliphatic heterocycles. The lowest BCUT2D eigenvalue weighted by Gasteiger charge is -2.31. The normalized spacial score (nSPS) is 13.8. The molecule has 0 amide bonds. The zero-order valence-corrected chi connectivity index (χ0v) is 18.1. The Hall–Kier alpha value is -2.64. The predicted molar refractivity (Wildman–Crippen MR) is 120 cm³/mol. The summed E-state index contributed by atoms with van der Waals surface area (Å²) in [5.41, 5.74) is 9.94. The maximum absolute atomic E-state index is 13.3. The summed E-state index contributed by atoms with van der Waals surface area (Å²) in [5.74, 6) is -0.210. The largest absolute Gasteiger partial charge is 0.462 e. The van der Waals surface area contributed by atoms with Gasteiger partial charge in [0.15, 0.2) is 0 Å². The zero-order valence-electron chi connectivity index (χ0n) is 18.1. The van der Waals surface area contributed by atoms with Crippen LogP contribution in [0, 0.1) is 5.82 Å². The van der Waals surface area contributed by atoms with E-state index in [1.807, 2.05) is 39.0 Å². The lowest BCUT2D eigenvalue weighted by atomic mass is 10.1. The van der Waals surface area contributed by atoms with Crippen LogP contribution >= 0.6 is 0 Å². The topological polar surface area (TPSA) is 79.6 Å². The van der Waals surface area contributed by atoms with Crippen molar-refractivity contribution in [3.63, 3.8) is 0 Å². The number of anilines is 2.